The number of hydrogen-bond acceptors (Lipinski definition) is 3. The van der Waals surface area contributed by atoms with Crippen molar-refractivity contribution >= 4 is 12.1 Å². The zero-order valence-corrected chi connectivity index (χ0v) is 8.33. The number of ether oxygens (including phenoxy) is 1. The fraction of sp³-hybridized carbons (Fsp3) is 0.273. The van der Waals surface area contributed by atoms with Crippen LogP contribution in [-0.2, 0) is 4.79 Å². The van der Waals surface area contributed by atoms with Crippen molar-refractivity contribution < 1.29 is 18.7 Å². The van der Waals surface area contributed by atoms with Crippen LogP contribution >= 0.6 is 0 Å². The lowest BCUT2D eigenvalue weighted by molar-refractivity contribution is -0.120. The number of rotatable bonds is 5. The third-order valence-corrected chi connectivity index (χ3v) is 1.82. The highest BCUT2D eigenvalue weighted by Crippen LogP contribution is 2.15. The van der Waals surface area contributed by atoms with Gasteiger partial charge in [0.1, 0.15) is 24.5 Å². The summed E-state index contributed by atoms with van der Waals surface area (Å²) in [6, 6.07) is 3.62. The van der Waals surface area contributed by atoms with Gasteiger partial charge in [0.2, 0.25) is 0 Å². The first kappa shape index (κ1) is 11.4. The van der Waals surface area contributed by atoms with Gasteiger partial charge < -0.3 is 4.74 Å². The largest absolute Gasteiger partial charge is 0.486 e. The van der Waals surface area contributed by atoms with Gasteiger partial charge in [-0.25, -0.2) is 4.39 Å². The Bertz CT molecular complexity index is 374. The highest BCUT2D eigenvalue weighted by molar-refractivity contribution is 5.79. The quantitative estimate of drug-likeness (QED) is 0.698. The molecule has 0 amide bonds. The third-order valence-electron chi connectivity index (χ3n) is 1.82. The summed E-state index contributed by atoms with van der Waals surface area (Å²) >= 11 is 0. The Balaban J connectivity index is 2.72. The van der Waals surface area contributed by atoms with E-state index in [0.29, 0.717) is 12.7 Å². The van der Waals surface area contributed by atoms with Gasteiger partial charge in [-0.2, -0.15) is 0 Å². The van der Waals surface area contributed by atoms with E-state index >= 15 is 0 Å². The van der Waals surface area contributed by atoms with Crippen LogP contribution in [0.4, 0.5) is 4.39 Å². The molecular weight excluding hydrogens is 199 g/mol. The summed E-state index contributed by atoms with van der Waals surface area (Å²) in [5.74, 6) is -0.440. The molecule has 0 aliphatic heterocycles. The normalized spacial score (nSPS) is 9.73. The van der Waals surface area contributed by atoms with Crippen molar-refractivity contribution in [3.63, 3.8) is 0 Å². The fourth-order valence-corrected chi connectivity index (χ4v) is 1.00. The molecule has 80 valence electrons. The van der Waals surface area contributed by atoms with Crippen LogP contribution in [-0.4, -0.2) is 18.7 Å². The molecule has 0 aliphatic rings. The molecule has 15 heavy (non-hydrogen) atoms. The Labute approximate surface area is 86.9 Å². The molecule has 0 heterocycles. The number of carbonyl (C=O) groups excluding carboxylic acids is 2. The Morgan fingerprint density at radius 3 is 2.80 bits per heavy atom. The summed E-state index contributed by atoms with van der Waals surface area (Å²) in [5, 5.41) is 0. The van der Waals surface area contributed by atoms with Crippen LogP contribution in [0.5, 0.6) is 5.75 Å². The maximum Gasteiger partial charge on any atom is 0.169 e. The van der Waals surface area contributed by atoms with Crippen molar-refractivity contribution in [2.45, 2.75) is 13.3 Å². The van der Waals surface area contributed by atoms with E-state index in [4.69, 9.17) is 4.74 Å². The molecule has 1 aromatic rings. The van der Waals surface area contributed by atoms with Crippen LogP contribution in [0.1, 0.15) is 23.7 Å². The van der Waals surface area contributed by atoms with E-state index in [9.17, 15) is 14.0 Å². The van der Waals surface area contributed by atoms with Crippen molar-refractivity contribution in [2.75, 3.05) is 6.61 Å². The number of halogens is 1. The third kappa shape index (κ3) is 3.50. The maximum absolute atomic E-state index is 12.9. The van der Waals surface area contributed by atoms with Crippen molar-refractivity contribution in [3.05, 3.63) is 29.6 Å². The van der Waals surface area contributed by atoms with Crippen LogP contribution in [0.15, 0.2) is 18.2 Å². The second-order valence-corrected chi connectivity index (χ2v) is 3.02. The first-order valence-corrected chi connectivity index (χ1v) is 4.56. The molecule has 0 radical (unpaired) electrons. The van der Waals surface area contributed by atoms with Crippen molar-refractivity contribution in [3.8, 4) is 5.75 Å². The van der Waals surface area contributed by atoms with Gasteiger partial charge in [0, 0.05) is 18.1 Å². The SMILES string of the molecule is CCC(=O)COc1cc(F)cc(C=O)c1. The van der Waals surface area contributed by atoms with Crippen LogP contribution < -0.4 is 4.74 Å². The molecule has 0 aliphatic carbocycles. The van der Waals surface area contributed by atoms with Crippen molar-refractivity contribution in [1.29, 1.82) is 0 Å². The lowest BCUT2D eigenvalue weighted by Gasteiger charge is -2.05. The predicted octanol–water partition coefficient (Wildman–Crippen LogP) is 2.00. The Kier molecular flexibility index (Phi) is 3.97. The Hall–Kier alpha value is -1.71. The molecule has 4 heteroatoms. The minimum absolute atomic E-state index is 0.0769. The van der Waals surface area contributed by atoms with Crippen molar-refractivity contribution in [1.82, 2.24) is 0 Å². The highest BCUT2D eigenvalue weighted by Gasteiger charge is 2.03. The standard InChI is InChI=1S/C11H11FO3/c1-2-10(14)7-15-11-4-8(6-13)3-9(12)5-11/h3-6H,2,7H2,1H3. The average Bonchev–Trinajstić information content (AvgIpc) is 2.25. The van der Waals surface area contributed by atoms with Crippen LogP contribution in [0.3, 0.4) is 0 Å². The molecule has 3 nitrogen and oxygen atoms in total. The van der Waals surface area contributed by atoms with Gasteiger partial charge in [0.25, 0.3) is 0 Å². The molecule has 0 saturated carbocycles. The second kappa shape index (κ2) is 5.24. The van der Waals surface area contributed by atoms with Crippen LogP contribution in [0.25, 0.3) is 0 Å². The molecule has 0 atom stereocenters. The van der Waals surface area contributed by atoms with E-state index in [1.54, 1.807) is 6.92 Å². The second-order valence-electron chi connectivity index (χ2n) is 3.02. The van der Waals surface area contributed by atoms with Gasteiger partial charge in [-0.05, 0) is 12.1 Å². The minimum Gasteiger partial charge on any atom is -0.486 e. The van der Waals surface area contributed by atoms with Gasteiger partial charge in [-0.3, -0.25) is 9.59 Å². The molecule has 0 fully saturated rings. The van der Waals surface area contributed by atoms with Gasteiger partial charge in [-0.15, -0.1) is 0 Å². The zero-order valence-electron chi connectivity index (χ0n) is 8.33. The first-order chi connectivity index (χ1) is 7.15. The molecule has 1 aromatic carbocycles. The molecule has 0 bridgehead atoms. The van der Waals surface area contributed by atoms with Crippen molar-refractivity contribution in [2.24, 2.45) is 0 Å². The summed E-state index contributed by atoms with van der Waals surface area (Å²) in [6.45, 7) is 1.62. The number of aldehydes is 1. The van der Waals surface area contributed by atoms with Crippen LogP contribution in [0.2, 0.25) is 0 Å². The summed E-state index contributed by atoms with van der Waals surface area (Å²) in [5.41, 5.74) is 0.189. The van der Waals surface area contributed by atoms with Gasteiger partial charge in [0.05, 0.1) is 0 Å². The molecule has 1 rings (SSSR count). The number of hydrogen-bond donors (Lipinski definition) is 0. The van der Waals surface area contributed by atoms with E-state index in [1.807, 2.05) is 0 Å². The summed E-state index contributed by atoms with van der Waals surface area (Å²) < 4.78 is 17.9. The number of benzene rings is 1. The zero-order chi connectivity index (χ0) is 11.3. The molecule has 0 unspecified atom stereocenters. The van der Waals surface area contributed by atoms with Gasteiger partial charge in [-0.1, -0.05) is 6.92 Å². The van der Waals surface area contributed by atoms with E-state index in [1.165, 1.54) is 6.07 Å². The Morgan fingerprint density at radius 1 is 1.47 bits per heavy atom. The summed E-state index contributed by atoms with van der Waals surface area (Å²) in [6.07, 6.45) is 0.896. The monoisotopic (exact) mass is 210 g/mol. The molecule has 0 saturated heterocycles. The fourth-order valence-electron chi connectivity index (χ4n) is 1.00. The smallest absolute Gasteiger partial charge is 0.169 e. The lowest BCUT2D eigenvalue weighted by Crippen LogP contribution is -2.09. The molecule has 0 aromatic heterocycles. The van der Waals surface area contributed by atoms with E-state index in [2.05, 4.69) is 0 Å². The highest BCUT2D eigenvalue weighted by atomic mass is 19.1. The average molecular weight is 210 g/mol. The molecular formula is C11H11FO3. The first-order valence-electron chi connectivity index (χ1n) is 4.56. The minimum atomic E-state index is -0.557. The van der Waals surface area contributed by atoms with Gasteiger partial charge >= 0.3 is 0 Å². The number of Topliss-reactive ketones (excluding diaryl/α,β-unsaturated/α-hetero) is 1. The molecule has 0 N–H and O–H groups in total. The van der Waals surface area contributed by atoms with E-state index in [0.717, 1.165) is 12.1 Å². The van der Waals surface area contributed by atoms with E-state index in [-0.39, 0.29) is 23.7 Å². The molecule has 0 spiro atoms. The topological polar surface area (TPSA) is 43.4 Å². The lowest BCUT2D eigenvalue weighted by atomic mass is 10.2. The number of ketones is 1. The summed E-state index contributed by atoms with van der Waals surface area (Å²) in [7, 11) is 0. The summed E-state index contributed by atoms with van der Waals surface area (Å²) in [4.78, 5) is 21.4. The Morgan fingerprint density at radius 2 is 2.20 bits per heavy atom. The van der Waals surface area contributed by atoms with Gasteiger partial charge in [0.15, 0.2) is 5.78 Å². The van der Waals surface area contributed by atoms with Crippen LogP contribution in [0, 0.1) is 5.82 Å². The predicted molar refractivity (Wildman–Crippen MR) is 52.6 cm³/mol. The number of carbonyl (C=O) groups is 2. The van der Waals surface area contributed by atoms with E-state index < -0.39 is 5.82 Å². The maximum atomic E-state index is 12.9.